The molecule has 1 rings (SSSR count). The van der Waals surface area contributed by atoms with E-state index >= 15 is 0 Å². The number of rotatable bonds is 9. The van der Waals surface area contributed by atoms with Crippen LogP contribution < -0.4 is 5.32 Å². The van der Waals surface area contributed by atoms with Crippen LogP contribution in [0.4, 0.5) is 22.0 Å². The molecule has 0 saturated heterocycles. The van der Waals surface area contributed by atoms with Crippen LogP contribution in [0.2, 0.25) is 0 Å². The first kappa shape index (κ1) is 17.6. The van der Waals surface area contributed by atoms with Crippen molar-refractivity contribution < 1.29 is 30.4 Å². The average Bonchev–Trinajstić information content (AvgIpc) is 3.06. The molecule has 3 nitrogen and oxygen atoms in total. The van der Waals surface area contributed by atoms with Gasteiger partial charge in [-0.05, 0) is 32.2 Å². The number of sulfone groups is 1. The van der Waals surface area contributed by atoms with Gasteiger partial charge in [-0.1, -0.05) is 0 Å². The Morgan fingerprint density at radius 3 is 2.05 bits per heavy atom. The lowest BCUT2D eigenvalue weighted by Gasteiger charge is -2.19. The predicted octanol–water partition coefficient (Wildman–Crippen LogP) is 2.52. The van der Waals surface area contributed by atoms with Gasteiger partial charge in [0.05, 0.1) is 11.5 Å². The molecule has 20 heavy (non-hydrogen) atoms. The van der Waals surface area contributed by atoms with Gasteiger partial charge in [0.2, 0.25) is 0 Å². The van der Waals surface area contributed by atoms with Crippen molar-refractivity contribution in [1.29, 1.82) is 0 Å². The topological polar surface area (TPSA) is 46.2 Å². The summed E-state index contributed by atoms with van der Waals surface area (Å²) >= 11 is 0. The first-order valence-electron chi connectivity index (χ1n) is 6.42. The fourth-order valence-electron chi connectivity index (χ4n) is 1.64. The minimum atomic E-state index is -5.62. The standard InChI is InChI=1S/C11H18F5NO2S/c12-10(13,11(14,15)16)5-1-7-20(18,19)8-2-6-17-9-3-4-9/h9,17H,1-8H2. The van der Waals surface area contributed by atoms with E-state index in [1.165, 1.54) is 0 Å². The normalized spacial score (nSPS) is 17.4. The second-order valence-electron chi connectivity index (χ2n) is 5.04. The minimum absolute atomic E-state index is 0.190. The zero-order valence-electron chi connectivity index (χ0n) is 10.8. The van der Waals surface area contributed by atoms with E-state index in [-0.39, 0.29) is 5.75 Å². The smallest absolute Gasteiger partial charge is 0.314 e. The van der Waals surface area contributed by atoms with Crippen LogP contribution in [0.3, 0.4) is 0 Å². The second kappa shape index (κ2) is 6.55. The van der Waals surface area contributed by atoms with E-state index in [2.05, 4.69) is 5.32 Å². The van der Waals surface area contributed by atoms with Gasteiger partial charge in [-0.2, -0.15) is 22.0 Å². The molecular weight excluding hydrogens is 305 g/mol. The van der Waals surface area contributed by atoms with Gasteiger partial charge >= 0.3 is 12.1 Å². The summed E-state index contributed by atoms with van der Waals surface area (Å²) in [5, 5.41) is 3.10. The SMILES string of the molecule is O=S(=O)(CCCNC1CC1)CCCC(F)(F)C(F)(F)F. The Hall–Kier alpha value is -0.440. The van der Waals surface area contributed by atoms with Crippen molar-refractivity contribution >= 4 is 9.84 Å². The first-order chi connectivity index (χ1) is 9.04. The van der Waals surface area contributed by atoms with Gasteiger partial charge in [-0.15, -0.1) is 0 Å². The van der Waals surface area contributed by atoms with Crippen LogP contribution in [0.1, 0.15) is 32.1 Å². The van der Waals surface area contributed by atoms with Crippen LogP contribution in [0.15, 0.2) is 0 Å². The van der Waals surface area contributed by atoms with Gasteiger partial charge in [0, 0.05) is 12.5 Å². The third-order valence-electron chi connectivity index (χ3n) is 3.00. The summed E-state index contributed by atoms with van der Waals surface area (Å²) < 4.78 is 83.7. The molecule has 1 aliphatic carbocycles. The fraction of sp³-hybridized carbons (Fsp3) is 1.00. The quantitative estimate of drug-likeness (QED) is 0.524. The van der Waals surface area contributed by atoms with Gasteiger partial charge in [0.15, 0.2) is 0 Å². The largest absolute Gasteiger partial charge is 0.453 e. The van der Waals surface area contributed by atoms with Crippen molar-refractivity contribution in [3.8, 4) is 0 Å². The van der Waals surface area contributed by atoms with Crippen LogP contribution in [-0.4, -0.2) is 44.6 Å². The molecule has 0 aromatic rings. The van der Waals surface area contributed by atoms with Gasteiger partial charge < -0.3 is 5.32 Å². The first-order valence-corrected chi connectivity index (χ1v) is 8.24. The highest BCUT2D eigenvalue weighted by Crippen LogP contribution is 2.38. The van der Waals surface area contributed by atoms with E-state index in [1.807, 2.05) is 0 Å². The van der Waals surface area contributed by atoms with E-state index in [9.17, 15) is 30.4 Å². The van der Waals surface area contributed by atoms with Crippen LogP contribution >= 0.6 is 0 Å². The zero-order valence-corrected chi connectivity index (χ0v) is 11.7. The minimum Gasteiger partial charge on any atom is -0.314 e. The molecule has 120 valence electrons. The maximum atomic E-state index is 12.6. The lowest BCUT2D eigenvalue weighted by atomic mass is 10.2. The van der Waals surface area contributed by atoms with Crippen molar-refractivity contribution in [3.63, 3.8) is 0 Å². The van der Waals surface area contributed by atoms with Gasteiger partial charge in [0.25, 0.3) is 0 Å². The van der Waals surface area contributed by atoms with E-state index in [0.717, 1.165) is 12.8 Å². The Kier molecular flexibility index (Phi) is 5.77. The van der Waals surface area contributed by atoms with E-state index in [1.54, 1.807) is 0 Å². The number of hydrogen-bond acceptors (Lipinski definition) is 3. The van der Waals surface area contributed by atoms with Crippen molar-refractivity contribution in [2.45, 2.75) is 50.2 Å². The molecule has 0 aliphatic heterocycles. The Morgan fingerprint density at radius 1 is 1.00 bits per heavy atom. The zero-order chi connectivity index (χ0) is 15.4. The highest BCUT2D eigenvalue weighted by molar-refractivity contribution is 7.91. The molecule has 1 aliphatic rings. The summed E-state index contributed by atoms with van der Waals surface area (Å²) in [7, 11) is -3.57. The van der Waals surface area contributed by atoms with Crippen molar-refractivity contribution in [2.75, 3.05) is 18.1 Å². The van der Waals surface area contributed by atoms with Crippen LogP contribution in [0.5, 0.6) is 0 Å². The summed E-state index contributed by atoms with van der Waals surface area (Å²) in [5.74, 6) is -5.65. The van der Waals surface area contributed by atoms with Crippen LogP contribution in [-0.2, 0) is 9.84 Å². The van der Waals surface area contributed by atoms with Crippen molar-refractivity contribution in [1.82, 2.24) is 5.32 Å². The van der Waals surface area contributed by atoms with Crippen molar-refractivity contribution in [2.24, 2.45) is 0 Å². The molecule has 0 aromatic carbocycles. The lowest BCUT2D eigenvalue weighted by molar-refractivity contribution is -0.284. The highest BCUT2D eigenvalue weighted by Gasteiger charge is 2.56. The molecule has 1 N–H and O–H groups in total. The predicted molar refractivity (Wildman–Crippen MR) is 64.5 cm³/mol. The van der Waals surface area contributed by atoms with Gasteiger partial charge in [0.1, 0.15) is 9.84 Å². The molecule has 0 spiro atoms. The van der Waals surface area contributed by atoms with E-state index < -0.39 is 40.5 Å². The summed E-state index contributed by atoms with van der Waals surface area (Å²) in [6, 6.07) is 0.447. The maximum Gasteiger partial charge on any atom is 0.453 e. The third kappa shape index (κ3) is 6.34. The second-order valence-corrected chi connectivity index (χ2v) is 7.34. The summed E-state index contributed by atoms with van der Waals surface area (Å²) in [6.07, 6.45) is -5.32. The Bertz CT molecular complexity index is 404. The van der Waals surface area contributed by atoms with Gasteiger partial charge in [-0.25, -0.2) is 8.42 Å². The van der Waals surface area contributed by atoms with Crippen LogP contribution in [0, 0.1) is 0 Å². The number of nitrogens with one attached hydrogen (secondary N) is 1. The molecule has 0 aromatic heterocycles. The third-order valence-corrected chi connectivity index (χ3v) is 4.82. The van der Waals surface area contributed by atoms with Crippen molar-refractivity contribution in [3.05, 3.63) is 0 Å². The average molecular weight is 323 g/mol. The molecule has 1 saturated carbocycles. The van der Waals surface area contributed by atoms with Gasteiger partial charge in [-0.3, -0.25) is 0 Å². The monoisotopic (exact) mass is 323 g/mol. The molecule has 0 unspecified atom stereocenters. The Balaban J connectivity index is 2.21. The number of alkyl halides is 5. The molecule has 0 radical (unpaired) electrons. The summed E-state index contributed by atoms with van der Waals surface area (Å²) in [5.41, 5.74) is 0. The highest BCUT2D eigenvalue weighted by atomic mass is 32.2. The number of halogens is 5. The lowest BCUT2D eigenvalue weighted by Crippen LogP contribution is -2.36. The Labute approximate surface area is 114 Å². The molecule has 1 fully saturated rings. The Morgan fingerprint density at radius 2 is 1.55 bits per heavy atom. The molecular formula is C11H18F5NO2S. The summed E-state index contributed by atoms with van der Waals surface area (Å²) in [4.78, 5) is 0. The number of hydrogen-bond donors (Lipinski definition) is 1. The van der Waals surface area contributed by atoms with E-state index in [4.69, 9.17) is 0 Å². The fourth-order valence-corrected chi connectivity index (χ4v) is 3.02. The molecule has 0 heterocycles. The van der Waals surface area contributed by atoms with E-state index in [0.29, 0.717) is 19.0 Å². The maximum absolute atomic E-state index is 12.6. The van der Waals surface area contributed by atoms with Crippen LogP contribution in [0.25, 0.3) is 0 Å². The molecule has 0 atom stereocenters. The molecule has 0 bridgehead atoms. The molecule has 9 heteroatoms. The summed E-state index contributed by atoms with van der Waals surface area (Å²) in [6.45, 7) is 0.516. The molecule has 0 amide bonds.